The third-order valence-electron chi connectivity index (χ3n) is 4.58. The van der Waals surface area contributed by atoms with Crippen LogP contribution in [-0.2, 0) is 11.3 Å². The number of pyridine rings is 1. The van der Waals surface area contributed by atoms with Gasteiger partial charge in [0, 0.05) is 24.7 Å². The Bertz CT molecular complexity index is 953. The van der Waals surface area contributed by atoms with E-state index in [1.54, 1.807) is 11.9 Å². The molecule has 1 aliphatic heterocycles. The van der Waals surface area contributed by atoms with Crippen molar-refractivity contribution in [2.24, 2.45) is 5.73 Å². The van der Waals surface area contributed by atoms with Gasteiger partial charge >= 0.3 is 0 Å². The maximum atomic E-state index is 12.0. The lowest BCUT2D eigenvalue weighted by molar-refractivity contribution is -0.121. The summed E-state index contributed by atoms with van der Waals surface area (Å²) in [6.45, 7) is 0.506. The van der Waals surface area contributed by atoms with Gasteiger partial charge < -0.3 is 15.4 Å². The Morgan fingerprint density at radius 1 is 1.08 bits per heavy atom. The van der Waals surface area contributed by atoms with E-state index in [0.717, 1.165) is 27.9 Å². The third kappa shape index (κ3) is 2.82. The summed E-state index contributed by atoms with van der Waals surface area (Å²) < 4.78 is 5.58. The number of ether oxygens (including phenoxy) is 1. The number of likely N-dealkylation sites (N-methyl/N-ethyl adjacent to an activating group) is 1. The van der Waals surface area contributed by atoms with Gasteiger partial charge in [-0.25, -0.2) is 4.98 Å². The maximum absolute atomic E-state index is 12.0. The Morgan fingerprint density at radius 3 is 2.50 bits per heavy atom. The number of fused-ring (bicyclic) bond motifs is 1. The van der Waals surface area contributed by atoms with Crippen LogP contribution in [0.5, 0.6) is 5.88 Å². The number of amides is 1. The van der Waals surface area contributed by atoms with Crippen molar-refractivity contribution in [3.63, 3.8) is 0 Å². The molecule has 1 amide bonds. The first kappa shape index (κ1) is 16.3. The van der Waals surface area contributed by atoms with Gasteiger partial charge in [0.05, 0.1) is 5.69 Å². The SMILES string of the molecule is CN1C(=O)COc2nc(-c3ccc(CN)cc3)c(-c3ccccc3)cc21. The fourth-order valence-electron chi connectivity index (χ4n) is 3.05. The number of aromatic nitrogens is 1. The molecule has 130 valence electrons. The summed E-state index contributed by atoms with van der Waals surface area (Å²) >= 11 is 0. The largest absolute Gasteiger partial charge is 0.466 e. The van der Waals surface area contributed by atoms with Gasteiger partial charge in [0.15, 0.2) is 6.61 Å². The van der Waals surface area contributed by atoms with Crippen molar-refractivity contribution in [3.05, 3.63) is 66.2 Å². The van der Waals surface area contributed by atoms with Gasteiger partial charge in [0.25, 0.3) is 5.91 Å². The second-order valence-electron chi connectivity index (χ2n) is 6.22. The molecular weight excluding hydrogens is 326 g/mol. The summed E-state index contributed by atoms with van der Waals surface area (Å²) in [6.07, 6.45) is 0. The van der Waals surface area contributed by atoms with E-state index in [9.17, 15) is 4.79 Å². The van der Waals surface area contributed by atoms with Crippen LogP contribution in [0.3, 0.4) is 0 Å². The van der Waals surface area contributed by atoms with Gasteiger partial charge in [-0.05, 0) is 17.2 Å². The molecule has 0 unspecified atom stereocenters. The molecule has 2 heterocycles. The number of nitrogens with zero attached hydrogens (tertiary/aromatic N) is 2. The Labute approximate surface area is 152 Å². The second-order valence-corrected chi connectivity index (χ2v) is 6.22. The van der Waals surface area contributed by atoms with Crippen molar-refractivity contribution in [1.82, 2.24) is 4.98 Å². The van der Waals surface area contributed by atoms with E-state index in [4.69, 9.17) is 15.5 Å². The molecule has 0 saturated heterocycles. The van der Waals surface area contributed by atoms with Crippen LogP contribution < -0.4 is 15.4 Å². The highest BCUT2D eigenvalue weighted by molar-refractivity contribution is 5.98. The number of carbonyl (C=O) groups excluding carboxylic acids is 1. The lowest BCUT2D eigenvalue weighted by Crippen LogP contribution is -2.35. The molecule has 0 spiro atoms. The number of carbonyl (C=O) groups is 1. The van der Waals surface area contributed by atoms with Crippen LogP contribution in [0.4, 0.5) is 5.69 Å². The number of nitrogens with two attached hydrogens (primary N) is 1. The zero-order valence-electron chi connectivity index (χ0n) is 14.5. The van der Waals surface area contributed by atoms with Crippen molar-refractivity contribution in [2.75, 3.05) is 18.6 Å². The van der Waals surface area contributed by atoms with Crippen LogP contribution in [0.25, 0.3) is 22.4 Å². The second kappa shape index (κ2) is 6.61. The predicted molar refractivity (Wildman–Crippen MR) is 102 cm³/mol. The first-order valence-corrected chi connectivity index (χ1v) is 8.46. The summed E-state index contributed by atoms with van der Waals surface area (Å²) in [5, 5.41) is 0. The van der Waals surface area contributed by atoms with E-state index in [0.29, 0.717) is 18.1 Å². The predicted octanol–water partition coefficient (Wildman–Crippen LogP) is 3.23. The lowest BCUT2D eigenvalue weighted by atomic mass is 9.98. The molecule has 0 fully saturated rings. The van der Waals surface area contributed by atoms with E-state index in [2.05, 4.69) is 0 Å². The van der Waals surface area contributed by atoms with Crippen LogP contribution in [0.1, 0.15) is 5.56 Å². The zero-order chi connectivity index (χ0) is 18.1. The standard InChI is InChI=1S/C21H19N3O2/c1-24-18-11-17(15-5-3-2-4-6-15)20(23-21(18)26-13-19(24)25)16-9-7-14(12-22)8-10-16/h2-11H,12-13,22H2,1H3. The van der Waals surface area contributed by atoms with Crippen LogP contribution >= 0.6 is 0 Å². The molecule has 5 heteroatoms. The zero-order valence-corrected chi connectivity index (χ0v) is 14.5. The van der Waals surface area contributed by atoms with E-state index in [1.165, 1.54) is 0 Å². The minimum atomic E-state index is -0.0849. The van der Waals surface area contributed by atoms with Crippen LogP contribution in [-0.4, -0.2) is 24.5 Å². The quantitative estimate of drug-likeness (QED) is 0.791. The molecule has 0 radical (unpaired) electrons. The molecule has 3 aromatic rings. The van der Waals surface area contributed by atoms with Crippen molar-refractivity contribution in [3.8, 4) is 28.3 Å². The van der Waals surface area contributed by atoms with Gasteiger partial charge in [-0.2, -0.15) is 0 Å². The average molecular weight is 345 g/mol. The molecule has 0 bridgehead atoms. The van der Waals surface area contributed by atoms with Gasteiger partial charge in [-0.15, -0.1) is 0 Å². The molecule has 5 nitrogen and oxygen atoms in total. The molecule has 1 aromatic heterocycles. The summed E-state index contributed by atoms with van der Waals surface area (Å²) in [6, 6.07) is 20.0. The maximum Gasteiger partial charge on any atom is 0.264 e. The third-order valence-corrected chi connectivity index (χ3v) is 4.58. The monoisotopic (exact) mass is 345 g/mol. The summed E-state index contributed by atoms with van der Waals surface area (Å²) in [4.78, 5) is 18.3. The Balaban J connectivity index is 1.92. The number of benzene rings is 2. The summed E-state index contributed by atoms with van der Waals surface area (Å²) in [5.74, 6) is 0.392. The van der Waals surface area contributed by atoms with Gasteiger partial charge in [-0.3, -0.25) is 4.79 Å². The smallest absolute Gasteiger partial charge is 0.264 e. The van der Waals surface area contributed by atoms with Crippen LogP contribution in [0.2, 0.25) is 0 Å². The highest BCUT2D eigenvalue weighted by Crippen LogP contribution is 2.39. The van der Waals surface area contributed by atoms with Crippen molar-refractivity contribution in [2.45, 2.75) is 6.54 Å². The highest BCUT2D eigenvalue weighted by atomic mass is 16.5. The molecule has 26 heavy (non-hydrogen) atoms. The van der Waals surface area contributed by atoms with Gasteiger partial charge in [-0.1, -0.05) is 54.6 Å². The summed E-state index contributed by atoms with van der Waals surface area (Å²) in [7, 11) is 1.75. The minimum absolute atomic E-state index is 0.00668. The van der Waals surface area contributed by atoms with Gasteiger partial charge in [0.2, 0.25) is 5.88 Å². The van der Waals surface area contributed by atoms with Crippen LogP contribution in [0, 0.1) is 0 Å². The minimum Gasteiger partial charge on any atom is -0.466 e. The molecular formula is C21H19N3O2. The first-order chi connectivity index (χ1) is 12.7. The average Bonchev–Trinajstić information content (AvgIpc) is 2.71. The van der Waals surface area contributed by atoms with Gasteiger partial charge in [0.1, 0.15) is 5.69 Å². The number of anilines is 1. The number of rotatable bonds is 3. The lowest BCUT2D eigenvalue weighted by Gasteiger charge is -2.26. The first-order valence-electron chi connectivity index (χ1n) is 8.46. The number of hydrogen-bond donors (Lipinski definition) is 1. The molecule has 4 rings (SSSR count). The van der Waals surface area contributed by atoms with Crippen LogP contribution in [0.15, 0.2) is 60.7 Å². The fourth-order valence-corrected chi connectivity index (χ4v) is 3.05. The molecule has 2 aromatic carbocycles. The molecule has 0 aliphatic carbocycles. The topological polar surface area (TPSA) is 68.5 Å². The fraction of sp³-hybridized carbons (Fsp3) is 0.143. The molecule has 1 aliphatic rings. The van der Waals surface area contributed by atoms with E-state index in [-0.39, 0.29) is 12.5 Å². The van der Waals surface area contributed by atoms with Crippen molar-refractivity contribution < 1.29 is 9.53 Å². The Hall–Kier alpha value is -3.18. The molecule has 2 N–H and O–H groups in total. The molecule has 0 atom stereocenters. The van der Waals surface area contributed by atoms with E-state index < -0.39 is 0 Å². The number of hydrogen-bond acceptors (Lipinski definition) is 4. The van der Waals surface area contributed by atoms with E-state index >= 15 is 0 Å². The normalized spacial score (nSPS) is 13.3. The van der Waals surface area contributed by atoms with Crippen molar-refractivity contribution >= 4 is 11.6 Å². The Morgan fingerprint density at radius 2 is 1.81 bits per heavy atom. The Kier molecular flexibility index (Phi) is 4.14. The summed E-state index contributed by atoms with van der Waals surface area (Å²) in [5.41, 5.74) is 11.2. The highest BCUT2D eigenvalue weighted by Gasteiger charge is 2.26. The molecule has 0 saturated carbocycles. The van der Waals surface area contributed by atoms with E-state index in [1.807, 2.05) is 60.7 Å². The van der Waals surface area contributed by atoms with Crippen molar-refractivity contribution in [1.29, 1.82) is 0 Å².